The van der Waals surface area contributed by atoms with Crippen molar-refractivity contribution in [1.82, 2.24) is 24.9 Å². The van der Waals surface area contributed by atoms with Gasteiger partial charge < -0.3 is 10.1 Å². The smallest absolute Gasteiger partial charge is 0.230 e. The van der Waals surface area contributed by atoms with Crippen LogP contribution >= 0.6 is 11.8 Å². The minimum atomic E-state index is -0.0629. The Morgan fingerprint density at radius 2 is 1.97 bits per heavy atom. The molecule has 0 aliphatic heterocycles. The monoisotopic (exact) mass is 433 g/mol. The lowest BCUT2D eigenvalue weighted by Crippen LogP contribution is -2.25. The van der Waals surface area contributed by atoms with E-state index in [1.807, 2.05) is 62.4 Å². The van der Waals surface area contributed by atoms with Crippen molar-refractivity contribution in [2.24, 2.45) is 0 Å². The lowest BCUT2D eigenvalue weighted by Gasteiger charge is -2.09. The number of hydrogen-bond acceptors (Lipinski definition) is 6. The SMILES string of the molecule is COc1ccccc1-c1c(C)nn2c(SCC(=O)NCc3ccccn3)cc(C)nc12. The number of para-hydroxylation sites is 1. The molecule has 4 aromatic rings. The predicted molar refractivity (Wildman–Crippen MR) is 121 cm³/mol. The van der Waals surface area contributed by atoms with Gasteiger partial charge in [0.25, 0.3) is 0 Å². The van der Waals surface area contributed by atoms with Crippen LogP contribution in [-0.2, 0) is 11.3 Å². The fourth-order valence-electron chi connectivity index (χ4n) is 3.36. The van der Waals surface area contributed by atoms with Crippen LogP contribution in [0.2, 0.25) is 0 Å². The van der Waals surface area contributed by atoms with Crippen LogP contribution in [0.1, 0.15) is 17.1 Å². The van der Waals surface area contributed by atoms with Gasteiger partial charge in [0, 0.05) is 17.5 Å². The molecule has 1 aromatic carbocycles. The fraction of sp³-hybridized carbons (Fsp3) is 0.217. The maximum absolute atomic E-state index is 12.4. The molecule has 0 unspecified atom stereocenters. The maximum Gasteiger partial charge on any atom is 0.230 e. The molecule has 0 aliphatic carbocycles. The minimum absolute atomic E-state index is 0.0629. The number of hydrogen-bond donors (Lipinski definition) is 1. The van der Waals surface area contributed by atoms with Crippen molar-refractivity contribution in [3.63, 3.8) is 0 Å². The molecule has 0 aliphatic rings. The second kappa shape index (κ2) is 9.18. The molecule has 0 fully saturated rings. The van der Waals surface area contributed by atoms with Crippen molar-refractivity contribution >= 4 is 23.3 Å². The molecule has 0 radical (unpaired) electrons. The van der Waals surface area contributed by atoms with Crippen LogP contribution in [-0.4, -0.2) is 38.4 Å². The molecule has 0 saturated heterocycles. The van der Waals surface area contributed by atoms with Gasteiger partial charge in [0.1, 0.15) is 10.8 Å². The Labute approximate surface area is 184 Å². The number of nitrogens with zero attached hydrogens (tertiary/aromatic N) is 4. The van der Waals surface area contributed by atoms with Gasteiger partial charge in [-0.25, -0.2) is 9.50 Å². The van der Waals surface area contributed by atoms with Crippen LogP contribution in [0.15, 0.2) is 59.8 Å². The number of pyridine rings is 1. The molecule has 4 rings (SSSR count). The van der Waals surface area contributed by atoms with E-state index in [4.69, 9.17) is 14.8 Å². The molecule has 8 heteroatoms. The van der Waals surface area contributed by atoms with E-state index in [0.29, 0.717) is 6.54 Å². The number of aryl methyl sites for hydroxylation is 2. The Morgan fingerprint density at radius 3 is 2.74 bits per heavy atom. The molecular formula is C23H23N5O2S. The number of rotatable bonds is 7. The normalized spacial score (nSPS) is 10.9. The van der Waals surface area contributed by atoms with E-state index >= 15 is 0 Å². The lowest BCUT2D eigenvalue weighted by atomic mass is 10.1. The van der Waals surface area contributed by atoms with Crippen LogP contribution in [0.25, 0.3) is 16.8 Å². The molecule has 7 nitrogen and oxygen atoms in total. The minimum Gasteiger partial charge on any atom is -0.496 e. The third kappa shape index (κ3) is 4.54. The number of carbonyl (C=O) groups excluding carboxylic acids is 1. The Kier molecular flexibility index (Phi) is 6.18. The van der Waals surface area contributed by atoms with Gasteiger partial charge in [0.05, 0.1) is 36.4 Å². The average molecular weight is 434 g/mol. The summed E-state index contributed by atoms with van der Waals surface area (Å²) in [4.78, 5) is 21.3. The number of carbonyl (C=O) groups is 1. The average Bonchev–Trinajstić information content (AvgIpc) is 3.12. The number of benzene rings is 1. The maximum atomic E-state index is 12.4. The summed E-state index contributed by atoms with van der Waals surface area (Å²) in [7, 11) is 1.66. The summed E-state index contributed by atoms with van der Waals surface area (Å²) in [5, 5.41) is 8.48. The summed E-state index contributed by atoms with van der Waals surface area (Å²) >= 11 is 1.43. The molecule has 3 aromatic heterocycles. The van der Waals surface area contributed by atoms with E-state index in [1.165, 1.54) is 11.8 Å². The molecule has 0 bridgehead atoms. The number of thioether (sulfide) groups is 1. The van der Waals surface area contributed by atoms with Crippen LogP contribution < -0.4 is 10.1 Å². The number of nitrogens with one attached hydrogen (secondary N) is 1. The van der Waals surface area contributed by atoms with Crippen molar-refractivity contribution in [3.05, 3.63) is 71.8 Å². The summed E-state index contributed by atoms with van der Waals surface area (Å²) in [6.07, 6.45) is 1.71. The Bertz CT molecular complexity index is 1220. The van der Waals surface area contributed by atoms with E-state index in [9.17, 15) is 4.79 Å². The van der Waals surface area contributed by atoms with Gasteiger partial charge in [-0.15, -0.1) is 0 Å². The highest BCUT2D eigenvalue weighted by Gasteiger charge is 2.19. The first kappa shape index (κ1) is 20.9. The molecule has 1 amide bonds. The molecule has 158 valence electrons. The van der Waals surface area contributed by atoms with Crippen LogP contribution in [0.3, 0.4) is 0 Å². The van der Waals surface area contributed by atoms with Crippen LogP contribution in [0.5, 0.6) is 5.75 Å². The first-order valence-corrected chi connectivity index (χ1v) is 10.8. The second-order valence-electron chi connectivity index (χ2n) is 7.02. The quantitative estimate of drug-likeness (QED) is 0.352. The third-order valence-electron chi connectivity index (χ3n) is 4.78. The van der Waals surface area contributed by atoms with Gasteiger partial charge in [-0.3, -0.25) is 9.78 Å². The highest BCUT2D eigenvalue weighted by molar-refractivity contribution is 7.99. The second-order valence-corrected chi connectivity index (χ2v) is 8.01. The van der Waals surface area contributed by atoms with Crippen molar-refractivity contribution < 1.29 is 9.53 Å². The number of amides is 1. The standard InChI is InChI=1S/C23H23N5O2S/c1-15-12-21(31-14-20(29)25-13-17-8-6-7-11-24-17)28-23(26-15)22(16(2)27-28)18-9-4-5-10-19(18)30-3/h4-12H,13-14H2,1-3H3,(H,25,29). The molecule has 31 heavy (non-hydrogen) atoms. The fourth-order valence-corrected chi connectivity index (χ4v) is 4.25. The third-order valence-corrected chi connectivity index (χ3v) is 5.77. The van der Waals surface area contributed by atoms with E-state index in [-0.39, 0.29) is 11.7 Å². The van der Waals surface area contributed by atoms with Crippen molar-refractivity contribution in [2.75, 3.05) is 12.9 Å². The van der Waals surface area contributed by atoms with Crippen molar-refractivity contribution in [1.29, 1.82) is 0 Å². The Balaban J connectivity index is 1.58. The number of fused-ring (bicyclic) bond motifs is 1. The summed E-state index contributed by atoms with van der Waals surface area (Å²) in [5.74, 6) is 0.980. The van der Waals surface area contributed by atoms with Crippen molar-refractivity contribution in [2.45, 2.75) is 25.4 Å². The summed E-state index contributed by atoms with van der Waals surface area (Å²) in [6.45, 7) is 4.31. The highest BCUT2D eigenvalue weighted by Crippen LogP contribution is 2.35. The number of aromatic nitrogens is 4. The van der Waals surface area contributed by atoms with Gasteiger partial charge in [-0.2, -0.15) is 5.10 Å². The largest absolute Gasteiger partial charge is 0.496 e. The first-order chi connectivity index (χ1) is 15.1. The van der Waals surface area contributed by atoms with E-state index in [1.54, 1.807) is 17.8 Å². The zero-order chi connectivity index (χ0) is 21.8. The molecule has 0 saturated carbocycles. The molecule has 3 heterocycles. The summed E-state index contributed by atoms with van der Waals surface area (Å²) < 4.78 is 7.35. The number of methoxy groups -OCH3 is 1. The zero-order valence-electron chi connectivity index (χ0n) is 17.6. The first-order valence-electron chi connectivity index (χ1n) is 9.86. The Morgan fingerprint density at radius 1 is 1.16 bits per heavy atom. The van der Waals surface area contributed by atoms with Gasteiger partial charge in [0.2, 0.25) is 5.91 Å². The lowest BCUT2D eigenvalue weighted by molar-refractivity contribution is -0.118. The van der Waals surface area contributed by atoms with E-state index < -0.39 is 0 Å². The van der Waals surface area contributed by atoms with Gasteiger partial charge >= 0.3 is 0 Å². The summed E-state index contributed by atoms with van der Waals surface area (Å²) in [5.41, 5.74) is 5.16. The van der Waals surface area contributed by atoms with Crippen LogP contribution in [0.4, 0.5) is 0 Å². The predicted octanol–water partition coefficient (Wildman–Crippen LogP) is 3.83. The number of ether oxygens (including phenoxy) is 1. The zero-order valence-corrected chi connectivity index (χ0v) is 18.4. The topological polar surface area (TPSA) is 81.4 Å². The van der Waals surface area contributed by atoms with Crippen molar-refractivity contribution in [3.8, 4) is 16.9 Å². The summed E-state index contributed by atoms with van der Waals surface area (Å²) in [6, 6.07) is 15.4. The highest BCUT2D eigenvalue weighted by atomic mass is 32.2. The molecule has 0 spiro atoms. The van der Waals surface area contributed by atoms with E-state index in [2.05, 4.69) is 10.3 Å². The van der Waals surface area contributed by atoms with Gasteiger partial charge in [0.15, 0.2) is 5.65 Å². The van der Waals surface area contributed by atoms with Gasteiger partial charge in [-0.05, 0) is 38.1 Å². The van der Waals surface area contributed by atoms with Gasteiger partial charge in [-0.1, -0.05) is 36.0 Å². The van der Waals surface area contributed by atoms with E-state index in [0.717, 1.165) is 44.6 Å². The molecule has 1 N–H and O–H groups in total. The van der Waals surface area contributed by atoms with Crippen LogP contribution in [0, 0.1) is 13.8 Å². The Hall–Kier alpha value is -3.39. The molecular weight excluding hydrogens is 410 g/mol. The molecule has 0 atom stereocenters.